The summed E-state index contributed by atoms with van der Waals surface area (Å²) < 4.78 is 7.44. The number of methoxy groups -OCH3 is 1. The van der Waals surface area contributed by atoms with Crippen LogP contribution in [0.1, 0.15) is 5.56 Å². The number of hydrogen-bond acceptors (Lipinski definition) is 4. The summed E-state index contributed by atoms with van der Waals surface area (Å²) in [5.74, 6) is 1.62. The predicted octanol–water partition coefficient (Wildman–Crippen LogP) is 4.09. The molecule has 0 atom stereocenters. The maximum atomic E-state index is 10.5. The first-order valence-corrected chi connectivity index (χ1v) is 7.95. The number of fused-ring (bicyclic) bond motifs is 1. The van der Waals surface area contributed by atoms with Crippen molar-refractivity contribution in [3.05, 3.63) is 66.6 Å². The molecular formula is C20H17N3O2. The van der Waals surface area contributed by atoms with E-state index in [2.05, 4.69) is 4.98 Å². The highest BCUT2D eigenvalue weighted by molar-refractivity contribution is 5.84. The van der Waals surface area contributed by atoms with Crippen LogP contribution in [0, 0.1) is 6.92 Å². The van der Waals surface area contributed by atoms with Crippen LogP contribution >= 0.6 is 0 Å². The lowest BCUT2D eigenvalue weighted by Crippen LogP contribution is -1.90. The number of phenolic OH excluding ortho intramolecular Hbond substituents is 1. The zero-order chi connectivity index (χ0) is 17.4. The molecule has 0 saturated heterocycles. The van der Waals surface area contributed by atoms with Gasteiger partial charge in [-0.05, 0) is 36.8 Å². The van der Waals surface area contributed by atoms with Crippen LogP contribution in [0.3, 0.4) is 0 Å². The molecular weight excluding hydrogens is 314 g/mol. The molecule has 3 aromatic heterocycles. The van der Waals surface area contributed by atoms with Gasteiger partial charge in [-0.2, -0.15) is 0 Å². The van der Waals surface area contributed by atoms with Gasteiger partial charge in [0.15, 0.2) is 0 Å². The lowest BCUT2D eigenvalue weighted by atomic mass is 10.1. The van der Waals surface area contributed by atoms with Crippen molar-refractivity contribution < 1.29 is 9.84 Å². The number of pyridine rings is 2. The van der Waals surface area contributed by atoms with E-state index >= 15 is 0 Å². The number of para-hydroxylation sites is 1. The number of aromatic hydroxyl groups is 1. The van der Waals surface area contributed by atoms with Crippen LogP contribution in [0.4, 0.5) is 0 Å². The quantitative estimate of drug-likeness (QED) is 0.614. The standard InChI is InChI=1S/C20H17N3O2/c1-13-6-5-7-14(19(13)24)20-22-18(16-8-3-4-11-23(16)20)15-12-21-10-9-17(15)25-2/h3-12,24H,1-2H3. The first-order valence-electron chi connectivity index (χ1n) is 7.95. The lowest BCUT2D eigenvalue weighted by molar-refractivity contribution is 0.416. The highest BCUT2D eigenvalue weighted by atomic mass is 16.5. The van der Waals surface area contributed by atoms with Crippen molar-refractivity contribution >= 4 is 5.52 Å². The van der Waals surface area contributed by atoms with Crippen LogP contribution in [0.15, 0.2) is 61.1 Å². The van der Waals surface area contributed by atoms with Crippen LogP contribution in [0.25, 0.3) is 28.2 Å². The first-order chi connectivity index (χ1) is 12.2. The van der Waals surface area contributed by atoms with Crippen molar-refractivity contribution in [1.29, 1.82) is 0 Å². The summed E-state index contributed by atoms with van der Waals surface area (Å²) >= 11 is 0. The van der Waals surface area contributed by atoms with Crippen LogP contribution < -0.4 is 4.74 Å². The lowest BCUT2D eigenvalue weighted by Gasteiger charge is -2.06. The molecule has 0 radical (unpaired) electrons. The minimum Gasteiger partial charge on any atom is -0.507 e. The van der Waals surface area contributed by atoms with Gasteiger partial charge in [0.1, 0.15) is 23.0 Å². The van der Waals surface area contributed by atoms with Gasteiger partial charge in [0.05, 0.1) is 23.8 Å². The van der Waals surface area contributed by atoms with Crippen molar-refractivity contribution in [1.82, 2.24) is 14.4 Å². The molecule has 0 saturated carbocycles. The van der Waals surface area contributed by atoms with E-state index in [0.717, 1.165) is 22.3 Å². The van der Waals surface area contributed by atoms with Gasteiger partial charge in [0.2, 0.25) is 0 Å². The van der Waals surface area contributed by atoms with Crippen LogP contribution in [-0.2, 0) is 0 Å². The Morgan fingerprint density at radius 2 is 1.92 bits per heavy atom. The first kappa shape index (κ1) is 15.2. The second kappa shape index (κ2) is 5.94. The van der Waals surface area contributed by atoms with Crippen LogP contribution in [0.5, 0.6) is 11.5 Å². The molecule has 1 aromatic carbocycles. The Labute approximate surface area is 145 Å². The fourth-order valence-corrected chi connectivity index (χ4v) is 3.00. The third-order valence-corrected chi connectivity index (χ3v) is 4.28. The van der Waals surface area contributed by atoms with E-state index in [9.17, 15) is 5.11 Å². The fraction of sp³-hybridized carbons (Fsp3) is 0.100. The van der Waals surface area contributed by atoms with Crippen molar-refractivity contribution in [3.8, 4) is 34.1 Å². The Hall–Kier alpha value is -3.34. The van der Waals surface area contributed by atoms with Crippen molar-refractivity contribution in [2.75, 3.05) is 7.11 Å². The highest BCUT2D eigenvalue weighted by Crippen LogP contribution is 2.37. The van der Waals surface area contributed by atoms with E-state index in [-0.39, 0.29) is 5.75 Å². The van der Waals surface area contributed by atoms with Gasteiger partial charge in [-0.25, -0.2) is 4.98 Å². The number of hydrogen-bond donors (Lipinski definition) is 1. The molecule has 0 aliphatic heterocycles. The molecule has 0 amide bonds. The van der Waals surface area contributed by atoms with Gasteiger partial charge in [-0.1, -0.05) is 18.2 Å². The molecule has 0 bridgehead atoms. The second-order valence-corrected chi connectivity index (χ2v) is 5.79. The molecule has 0 aliphatic carbocycles. The van der Waals surface area contributed by atoms with Gasteiger partial charge >= 0.3 is 0 Å². The molecule has 5 heteroatoms. The summed E-state index contributed by atoms with van der Waals surface area (Å²) in [4.78, 5) is 9.03. The third kappa shape index (κ3) is 2.41. The summed E-state index contributed by atoms with van der Waals surface area (Å²) in [6, 6.07) is 13.4. The molecule has 1 N–H and O–H groups in total. The van der Waals surface area contributed by atoms with Crippen LogP contribution in [0.2, 0.25) is 0 Å². The minimum absolute atomic E-state index is 0.239. The Morgan fingerprint density at radius 1 is 1.04 bits per heavy atom. The Balaban J connectivity index is 2.04. The highest BCUT2D eigenvalue weighted by Gasteiger charge is 2.19. The molecule has 3 heterocycles. The number of rotatable bonds is 3. The topological polar surface area (TPSA) is 59.7 Å². The normalized spacial score (nSPS) is 11.0. The predicted molar refractivity (Wildman–Crippen MR) is 96.8 cm³/mol. The van der Waals surface area contributed by atoms with E-state index in [4.69, 9.17) is 9.72 Å². The summed E-state index contributed by atoms with van der Waals surface area (Å²) in [6.07, 6.45) is 5.37. The number of aryl methyl sites for hydroxylation is 1. The van der Waals surface area contributed by atoms with Crippen molar-refractivity contribution in [3.63, 3.8) is 0 Å². The molecule has 0 fully saturated rings. The third-order valence-electron chi connectivity index (χ3n) is 4.28. The molecule has 124 valence electrons. The maximum absolute atomic E-state index is 10.5. The molecule has 0 unspecified atom stereocenters. The van der Waals surface area contributed by atoms with E-state index in [0.29, 0.717) is 17.1 Å². The Bertz CT molecular complexity index is 1070. The van der Waals surface area contributed by atoms with E-state index in [1.165, 1.54) is 0 Å². The largest absolute Gasteiger partial charge is 0.507 e. The molecule has 4 aromatic rings. The molecule has 0 aliphatic rings. The Kier molecular flexibility index (Phi) is 3.61. The van der Waals surface area contributed by atoms with Crippen molar-refractivity contribution in [2.24, 2.45) is 0 Å². The molecule has 25 heavy (non-hydrogen) atoms. The number of ether oxygens (including phenoxy) is 1. The summed E-state index contributed by atoms with van der Waals surface area (Å²) in [5.41, 5.74) is 4.00. The zero-order valence-corrected chi connectivity index (χ0v) is 14.0. The SMILES string of the molecule is COc1ccncc1-c1nc(-c2cccc(C)c2O)n2ccccc12. The minimum atomic E-state index is 0.239. The average Bonchev–Trinajstić information content (AvgIpc) is 3.03. The van der Waals surface area contributed by atoms with Gasteiger partial charge in [0.25, 0.3) is 0 Å². The van der Waals surface area contributed by atoms with E-state index in [1.807, 2.05) is 60.0 Å². The maximum Gasteiger partial charge on any atom is 0.149 e. The summed E-state index contributed by atoms with van der Waals surface area (Å²) in [6.45, 7) is 1.87. The Morgan fingerprint density at radius 3 is 2.76 bits per heavy atom. The van der Waals surface area contributed by atoms with Gasteiger partial charge in [0, 0.05) is 18.6 Å². The van der Waals surface area contributed by atoms with Crippen LogP contribution in [-0.4, -0.2) is 26.6 Å². The average molecular weight is 331 g/mol. The number of imidazole rings is 1. The van der Waals surface area contributed by atoms with Crippen molar-refractivity contribution in [2.45, 2.75) is 6.92 Å². The number of phenols is 1. The monoisotopic (exact) mass is 331 g/mol. The van der Waals surface area contributed by atoms with Gasteiger partial charge in [-0.15, -0.1) is 0 Å². The fourth-order valence-electron chi connectivity index (χ4n) is 3.00. The smallest absolute Gasteiger partial charge is 0.149 e. The summed E-state index contributed by atoms with van der Waals surface area (Å²) in [7, 11) is 1.63. The van der Waals surface area contributed by atoms with E-state index in [1.54, 1.807) is 19.5 Å². The zero-order valence-electron chi connectivity index (χ0n) is 14.0. The second-order valence-electron chi connectivity index (χ2n) is 5.79. The number of aromatic nitrogens is 3. The van der Waals surface area contributed by atoms with Gasteiger partial charge in [-0.3, -0.25) is 9.38 Å². The molecule has 0 spiro atoms. The van der Waals surface area contributed by atoms with Gasteiger partial charge < -0.3 is 9.84 Å². The molecule has 4 rings (SSSR count). The summed E-state index contributed by atoms with van der Waals surface area (Å²) in [5, 5.41) is 10.5. The number of nitrogens with zero attached hydrogens (tertiary/aromatic N) is 3. The molecule has 5 nitrogen and oxygen atoms in total. The number of benzene rings is 1. The van der Waals surface area contributed by atoms with E-state index < -0.39 is 0 Å².